The lowest BCUT2D eigenvalue weighted by Crippen LogP contribution is -2.16. The molecule has 0 unspecified atom stereocenters. The van der Waals surface area contributed by atoms with Gasteiger partial charge in [-0.05, 0) is 55.3 Å². The normalized spacial score (nSPS) is 10.8. The van der Waals surface area contributed by atoms with Crippen molar-refractivity contribution in [2.75, 3.05) is 11.9 Å². The smallest absolute Gasteiger partial charge is 0.338 e. The molecule has 0 aliphatic rings. The van der Waals surface area contributed by atoms with Gasteiger partial charge in [0.15, 0.2) is 0 Å². The largest absolute Gasteiger partial charge is 0.462 e. The summed E-state index contributed by atoms with van der Waals surface area (Å²) < 4.78 is 19.9. The number of halogens is 1. The van der Waals surface area contributed by atoms with Gasteiger partial charge in [-0.1, -0.05) is 19.9 Å². The molecule has 3 rings (SSSR count). The Labute approximate surface area is 168 Å². The second-order valence-corrected chi connectivity index (χ2v) is 6.74. The number of rotatable bonds is 6. The molecule has 2 aromatic carbocycles. The van der Waals surface area contributed by atoms with Crippen LogP contribution in [0.25, 0.3) is 5.69 Å². The monoisotopic (exact) mass is 395 g/mol. The van der Waals surface area contributed by atoms with Crippen LogP contribution < -0.4 is 5.32 Å². The van der Waals surface area contributed by atoms with E-state index in [1.165, 1.54) is 18.3 Å². The molecule has 7 heteroatoms. The predicted octanol–water partition coefficient (Wildman–Crippen LogP) is 4.56. The van der Waals surface area contributed by atoms with Crippen LogP contribution in [0, 0.1) is 5.82 Å². The Bertz CT molecular complexity index is 1030. The van der Waals surface area contributed by atoms with Crippen molar-refractivity contribution in [3.63, 3.8) is 0 Å². The number of carbonyl (C=O) groups is 2. The maximum absolute atomic E-state index is 13.2. The minimum atomic E-state index is -0.449. The summed E-state index contributed by atoms with van der Waals surface area (Å²) in [5.41, 5.74) is 2.61. The molecular formula is C22H22FN3O3. The number of hydrogen-bond acceptors (Lipinski definition) is 4. The Balaban J connectivity index is 1.89. The van der Waals surface area contributed by atoms with Gasteiger partial charge < -0.3 is 10.1 Å². The number of hydrogen-bond donors (Lipinski definition) is 1. The SMILES string of the molecule is CCOC(=O)c1cccc(NC(=O)c2cnn(-c3ccc(F)cc3)c2C(C)C)c1. The van der Waals surface area contributed by atoms with Crippen molar-refractivity contribution < 1.29 is 18.7 Å². The van der Waals surface area contributed by atoms with Gasteiger partial charge in [0.05, 0.1) is 35.3 Å². The molecule has 0 saturated heterocycles. The van der Waals surface area contributed by atoms with E-state index in [1.54, 1.807) is 48.0 Å². The molecule has 3 aromatic rings. The van der Waals surface area contributed by atoms with E-state index < -0.39 is 5.97 Å². The molecule has 0 aliphatic carbocycles. The van der Waals surface area contributed by atoms with E-state index in [0.717, 1.165) is 0 Å². The maximum atomic E-state index is 13.2. The first-order chi connectivity index (χ1) is 13.9. The number of nitrogens with one attached hydrogen (secondary N) is 1. The van der Waals surface area contributed by atoms with Crippen molar-refractivity contribution in [3.8, 4) is 5.69 Å². The van der Waals surface area contributed by atoms with Crippen LogP contribution in [0.3, 0.4) is 0 Å². The van der Waals surface area contributed by atoms with Gasteiger partial charge >= 0.3 is 5.97 Å². The lowest BCUT2D eigenvalue weighted by Gasteiger charge is -2.13. The number of ether oxygens (including phenoxy) is 1. The number of aromatic nitrogens is 2. The zero-order valence-electron chi connectivity index (χ0n) is 16.5. The minimum absolute atomic E-state index is 0.00540. The third-order valence-electron chi connectivity index (χ3n) is 4.30. The van der Waals surface area contributed by atoms with Crippen molar-refractivity contribution in [1.82, 2.24) is 9.78 Å². The Morgan fingerprint density at radius 3 is 2.55 bits per heavy atom. The second-order valence-electron chi connectivity index (χ2n) is 6.74. The number of carbonyl (C=O) groups excluding carboxylic acids is 2. The van der Waals surface area contributed by atoms with Crippen molar-refractivity contribution in [1.29, 1.82) is 0 Å². The van der Waals surface area contributed by atoms with E-state index >= 15 is 0 Å². The highest BCUT2D eigenvalue weighted by Gasteiger charge is 2.21. The van der Waals surface area contributed by atoms with E-state index in [0.29, 0.717) is 28.2 Å². The highest BCUT2D eigenvalue weighted by molar-refractivity contribution is 6.05. The van der Waals surface area contributed by atoms with Crippen molar-refractivity contribution >= 4 is 17.6 Å². The molecular weight excluding hydrogens is 373 g/mol. The average Bonchev–Trinajstić information content (AvgIpc) is 3.14. The molecule has 0 saturated carbocycles. The fourth-order valence-electron chi connectivity index (χ4n) is 3.01. The molecule has 1 aromatic heterocycles. The molecule has 29 heavy (non-hydrogen) atoms. The van der Waals surface area contributed by atoms with Crippen LogP contribution >= 0.6 is 0 Å². The van der Waals surface area contributed by atoms with Crippen molar-refractivity contribution in [3.05, 3.63) is 77.4 Å². The standard InChI is InChI=1S/C22H22FN3O3/c1-4-29-22(28)15-6-5-7-17(12-15)25-21(27)19-13-24-26(20(19)14(2)3)18-10-8-16(23)9-11-18/h5-14H,4H2,1-3H3,(H,25,27). The molecule has 1 N–H and O–H groups in total. The molecule has 0 spiro atoms. The summed E-state index contributed by atoms with van der Waals surface area (Å²) in [7, 11) is 0. The number of nitrogens with zero attached hydrogens (tertiary/aromatic N) is 2. The number of amides is 1. The highest BCUT2D eigenvalue weighted by atomic mass is 19.1. The minimum Gasteiger partial charge on any atom is -0.462 e. The molecule has 1 heterocycles. The first-order valence-corrected chi connectivity index (χ1v) is 9.33. The first-order valence-electron chi connectivity index (χ1n) is 9.33. The number of anilines is 1. The first kappa shape index (κ1) is 20.3. The molecule has 0 fully saturated rings. The number of esters is 1. The molecule has 0 bridgehead atoms. The van der Waals surface area contributed by atoms with Gasteiger partial charge in [-0.2, -0.15) is 5.10 Å². The van der Waals surface area contributed by atoms with Crippen LogP contribution in [0.2, 0.25) is 0 Å². The topological polar surface area (TPSA) is 73.2 Å². The Kier molecular flexibility index (Phi) is 6.07. The molecule has 6 nitrogen and oxygen atoms in total. The highest BCUT2D eigenvalue weighted by Crippen LogP contribution is 2.24. The third-order valence-corrected chi connectivity index (χ3v) is 4.30. The fourth-order valence-corrected chi connectivity index (χ4v) is 3.01. The Hall–Kier alpha value is -3.48. The predicted molar refractivity (Wildman–Crippen MR) is 108 cm³/mol. The summed E-state index contributed by atoms with van der Waals surface area (Å²) in [5.74, 6) is -1.14. The molecule has 1 amide bonds. The third kappa shape index (κ3) is 4.51. The lowest BCUT2D eigenvalue weighted by atomic mass is 10.0. The zero-order chi connectivity index (χ0) is 21.0. The van der Waals surface area contributed by atoms with Gasteiger partial charge in [0, 0.05) is 5.69 Å². The van der Waals surface area contributed by atoms with E-state index in [-0.39, 0.29) is 24.2 Å². The van der Waals surface area contributed by atoms with Gasteiger partial charge in [0.2, 0.25) is 0 Å². The summed E-state index contributed by atoms with van der Waals surface area (Å²) in [6.45, 7) is 5.91. The van der Waals surface area contributed by atoms with Crippen LogP contribution in [-0.4, -0.2) is 28.3 Å². The van der Waals surface area contributed by atoms with Crippen molar-refractivity contribution in [2.45, 2.75) is 26.7 Å². The molecule has 0 radical (unpaired) electrons. The van der Waals surface area contributed by atoms with Gasteiger partial charge in [-0.15, -0.1) is 0 Å². The van der Waals surface area contributed by atoms with Crippen LogP contribution in [-0.2, 0) is 4.74 Å². The van der Waals surface area contributed by atoms with Crippen molar-refractivity contribution in [2.24, 2.45) is 0 Å². The van der Waals surface area contributed by atoms with Crippen LogP contribution in [0.5, 0.6) is 0 Å². The van der Waals surface area contributed by atoms with Crippen LogP contribution in [0.15, 0.2) is 54.7 Å². The zero-order valence-corrected chi connectivity index (χ0v) is 16.5. The Morgan fingerprint density at radius 1 is 1.17 bits per heavy atom. The molecule has 0 aliphatic heterocycles. The van der Waals surface area contributed by atoms with Crippen LogP contribution in [0.1, 0.15) is 53.1 Å². The summed E-state index contributed by atoms with van der Waals surface area (Å²) in [4.78, 5) is 24.8. The van der Waals surface area contributed by atoms with Gasteiger partial charge in [-0.3, -0.25) is 4.79 Å². The van der Waals surface area contributed by atoms with Gasteiger partial charge in [-0.25, -0.2) is 13.9 Å². The maximum Gasteiger partial charge on any atom is 0.338 e. The van der Waals surface area contributed by atoms with E-state index in [1.807, 2.05) is 13.8 Å². The average molecular weight is 395 g/mol. The summed E-state index contributed by atoms with van der Waals surface area (Å²) in [6.07, 6.45) is 1.49. The van der Waals surface area contributed by atoms with Crippen LogP contribution in [0.4, 0.5) is 10.1 Å². The second kappa shape index (κ2) is 8.68. The summed E-state index contributed by atoms with van der Waals surface area (Å²) in [6, 6.07) is 12.5. The summed E-state index contributed by atoms with van der Waals surface area (Å²) in [5, 5.41) is 7.13. The van der Waals surface area contributed by atoms with E-state index in [4.69, 9.17) is 4.74 Å². The Morgan fingerprint density at radius 2 is 1.90 bits per heavy atom. The lowest BCUT2D eigenvalue weighted by molar-refractivity contribution is 0.0526. The van der Waals surface area contributed by atoms with E-state index in [9.17, 15) is 14.0 Å². The number of benzene rings is 2. The fraction of sp³-hybridized carbons (Fsp3) is 0.227. The van der Waals surface area contributed by atoms with Gasteiger partial charge in [0.25, 0.3) is 5.91 Å². The molecule has 0 atom stereocenters. The van der Waals surface area contributed by atoms with E-state index in [2.05, 4.69) is 10.4 Å². The van der Waals surface area contributed by atoms with Gasteiger partial charge in [0.1, 0.15) is 5.82 Å². The quantitative estimate of drug-likeness (QED) is 0.621. The molecule has 150 valence electrons. The summed E-state index contributed by atoms with van der Waals surface area (Å²) >= 11 is 0.